The number of hydrogen-bond acceptors (Lipinski definition) is 7. The average Bonchev–Trinajstić information content (AvgIpc) is 3.59. The number of fused-ring (bicyclic) bond motifs is 1. The summed E-state index contributed by atoms with van der Waals surface area (Å²) in [7, 11) is 0. The smallest absolute Gasteiger partial charge is 0.286 e. The molecule has 1 aliphatic heterocycles. The van der Waals surface area contributed by atoms with Crippen molar-refractivity contribution in [3.8, 4) is 0 Å². The normalized spacial score (nSPS) is 22.4. The third kappa shape index (κ3) is 6.39. The lowest BCUT2D eigenvalue weighted by Crippen LogP contribution is -2.39. The number of furan rings is 1. The largest absolute Gasteiger partial charge is 0.464 e. The van der Waals surface area contributed by atoms with Crippen LogP contribution in [0.25, 0.3) is 11.0 Å². The van der Waals surface area contributed by atoms with E-state index in [4.69, 9.17) is 28.5 Å². The van der Waals surface area contributed by atoms with Crippen molar-refractivity contribution in [2.75, 3.05) is 46.2 Å². The zero-order valence-electron chi connectivity index (χ0n) is 19.7. The van der Waals surface area contributed by atoms with Gasteiger partial charge < -0.3 is 33.8 Å². The van der Waals surface area contributed by atoms with Crippen molar-refractivity contribution in [1.82, 2.24) is 5.32 Å². The van der Waals surface area contributed by atoms with Gasteiger partial charge in [-0.05, 0) is 44.2 Å². The number of benzene rings is 1. The van der Waals surface area contributed by atoms with Gasteiger partial charge in [0.25, 0.3) is 5.91 Å². The fraction of sp³-hybridized carbons (Fsp3) is 0.577. The Bertz CT molecular complexity index is 952. The molecule has 1 amide bonds. The van der Waals surface area contributed by atoms with Gasteiger partial charge in [-0.2, -0.15) is 0 Å². The maximum Gasteiger partial charge on any atom is 0.286 e. The summed E-state index contributed by atoms with van der Waals surface area (Å²) >= 11 is 0. The molecule has 0 saturated heterocycles. The van der Waals surface area contributed by atoms with Crippen LogP contribution >= 0.6 is 0 Å². The molecule has 34 heavy (non-hydrogen) atoms. The highest BCUT2D eigenvalue weighted by Gasteiger charge is 2.39. The topological polar surface area (TPSA) is 99.4 Å². The lowest BCUT2D eigenvalue weighted by atomic mass is 9.81. The molecule has 8 heteroatoms. The number of carbonyl (C=O) groups is 1. The SMILES string of the molecule is CCO[C@@H]1OC(C(=O)NCC2CC2)=C[C@H](c2coc3ccccc23)[C@H]1CCOCCOCCO. The van der Waals surface area contributed by atoms with Crippen LogP contribution < -0.4 is 5.32 Å². The van der Waals surface area contributed by atoms with Crippen molar-refractivity contribution >= 4 is 16.9 Å². The molecule has 1 aromatic heterocycles. The summed E-state index contributed by atoms with van der Waals surface area (Å²) < 4.78 is 28.9. The molecule has 8 nitrogen and oxygen atoms in total. The second kappa shape index (κ2) is 12.4. The van der Waals surface area contributed by atoms with Crippen molar-refractivity contribution in [2.45, 2.75) is 38.4 Å². The Morgan fingerprint density at radius 1 is 1.15 bits per heavy atom. The summed E-state index contributed by atoms with van der Waals surface area (Å²) in [6, 6.07) is 7.90. The van der Waals surface area contributed by atoms with Crippen LogP contribution in [0.15, 0.2) is 46.8 Å². The van der Waals surface area contributed by atoms with Crippen molar-refractivity contribution in [2.24, 2.45) is 11.8 Å². The van der Waals surface area contributed by atoms with E-state index < -0.39 is 6.29 Å². The predicted octanol–water partition coefficient (Wildman–Crippen LogP) is 3.35. The van der Waals surface area contributed by atoms with Crippen LogP contribution in [-0.4, -0.2) is 63.5 Å². The first-order valence-corrected chi connectivity index (χ1v) is 12.2. The predicted molar refractivity (Wildman–Crippen MR) is 126 cm³/mol. The van der Waals surface area contributed by atoms with Gasteiger partial charge in [-0.1, -0.05) is 18.2 Å². The van der Waals surface area contributed by atoms with Crippen LogP contribution in [-0.2, 0) is 23.7 Å². The Morgan fingerprint density at radius 2 is 1.94 bits per heavy atom. The Kier molecular flexibility index (Phi) is 8.98. The summed E-state index contributed by atoms with van der Waals surface area (Å²) in [6.07, 6.45) is 6.10. The molecule has 3 atom stereocenters. The minimum atomic E-state index is -0.579. The van der Waals surface area contributed by atoms with Gasteiger partial charge in [0, 0.05) is 42.5 Å². The fourth-order valence-corrected chi connectivity index (χ4v) is 4.30. The highest BCUT2D eigenvalue weighted by atomic mass is 16.7. The Hall–Kier alpha value is -2.39. The third-order valence-corrected chi connectivity index (χ3v) is 6.26. The first-order valence-electron chi connectivity index (χ1n) is 12.2. The molecule has 0 bridgehead atoms. The Labute approximate surface area is 200 Å². The minimum absolute atomic E-state index is 0.00130. The van der Waals surface area contributed by atoms with Crippen molar-refractivity contribution in [3.63, 3.8) is 0 Å². The van der Waals surface area contributed by atoms with Crippen LogP contribution in [0.2, 0.25) is 0 Å². The molecule has 0 unspecified atom stereocenters. The van der Waals surface area contributed by atoms with Crippen molar-refractivity contribution in [3.05, 3.63) is 47.9 Å². The maximum absolute atomic E-state index is 12.9. The van der Waals surface area contributed by atoms with Crippen molar-refractivity contribution in [1.29, 1.82) is 0 Å². The van der Waals surface area contributed by atoms with Crippen LogP contribution in [0, 0.1) is 11.8 Å². The van der Waals surface area contributed by atoms with Crippen LogP contribution in [0.1, 0.15) is 37.7 Å². The molecule has 2 heterocycles. The number of rotatable bonds is 14. The highest BCUT2D eigenvalue weighted by molar-refractivity contribution is 5.92. The minimum Gasteiger partial charge on any atom is -0.464 e. The molecular weight excluding hydrogens is 438 g/mol. The molecule has 2 aromatic rings. The van der Waals surface area contributed by atoms with E-state index >= 15 is 0 Å². The fourth-order valence-electron chi connectivity index (χ4n) is 4.30. The molecular formula is C26H35NO7. The molecule has 4 rings (SSSR count). The molecule has 1 aromatic carbocycles. The number of ether oxygens (including phenoxy) is 4. The van der Waals surface area contributed by atoms with E-state index in [9.17, 15) is 4.79 Å². The van der Waals surface area contributed by atoms with E-state index in [1.165, 1.54) is 12.8 Å². The number of allylic oxidation sites excluding steroid dienone is 1. The number of hydrogen-bond donors (Lipinski definition) is 2. The second-order valence-electron chi connectivity index (χ2n) is 8.74. The summed E-state index contributed by atoms with van der Waals surface area (Å²) in [6.45, 7) is 4.72. The number of aliphatic hydroxyl groups excluding tert-OH is 1. The van der Waals surface area contributed by atoms with E-state index in [1.54, 1.807) is 6.26 Å². The second-order valence-corrected chi connectivity index (χ2v) is 8.74. The molecule has 0 spiro atoms. The van der Waals surface area contributed by atoms with Gasteiger partial charge >= 0.3 is 0 Å². The quantitative estimate of drug-likeness (QED) is 0.406. The molecule has 2 aliphatic rings. The highest BCUT2D eigenvalue weighted by Crippen LogP contribution is 2.42. The van der Waals surface area contributed by atoms with E-state index in [1.807, 2.05) is 37.3 Å². The number of para-hydroxylation sites is 1. The molecule has 186 valence electrons. The summed E-state index contributed by atoms with van der Waals surface area (Å²) in [5, 5.41) is 12.8. The number of aliphatic hydroxyl groups is 1. The van der Waals surface area contributed by atoms with E-state index in [2.05, 4.69) is 5.32 Å². The molecule has 1 aliphatic carbocycles. The van der Waals surface area contributed by atoms with Gasteiger partial charge in [0.2, 0.25) is 6.29 Å². The summed E-state index contributed by atoms with van der Waals surface area (Å²) in [4.78, 5) is 12.9. The standard InChI is InChI=1S/C26H35NO7/c1-2-32-26-20(9-11-30-13-14-31-12-10-28)21(22-17-33-23-6-4-3-5-19(22)23)15-24(34-26)25(29)27-16-18-7-8-18/h3-6,15,17-18,20-21,26,28H,2,7-14,16H2,1H3,(H,27,29)/t20-,21+,26-/m1/s1. The zero-order valence-corrected chi connectivity index (χ0v) is 19.7. The summed E-state index contributed by atoms with van der Waals surface area (Å²) in [5.74, 6) is 0.467. The molecule has 0 radical (unpaired) electrons. The Morgan fingerprint density at radius 3 is 2.71 bits per heavy atom. The van der Waals surface area contributed by atoms with Crippen LogP contribution in [0.4, 0.5) is 0 Å². The number of amides is 1. The van der Waals surface area contributed by atoms with Crippen molar-refractivity contribution < 1.29 is 33.3 Å². The Balaban J connectivity index is 1.53. The molecule has 2 N–H and O–H groups in total. The van der Waals surface area contributed by atoms with E-state index in [-0.39, 0.29) is 24.3 Å². The first-order chi connectivity index (χ1) is 16.7. The van der Waals surface area contributed by atoms with Crippen LogP contribution in [0.5, 0.6) is 0 Å². The lowest BCUT2D eigenvalue weighted by Gasteiger charge is -2.36. The zero-order chi connectivity index (χ0) is 23.8. The lowest BCUT2D eigenvalue weighted by molar-refractivity contribution is -0.168. The van der Waals surface area contributed by atoms with E-state index in [0.29, 0.717) is 57.7 Å². The molecule has 1 saturated carbocycles. The molecule has 1 fully saturated rings. The number of carbonyl (C=O) groups excluding carboxylic acids is 1. The van der Waals surface area contributed by atoms with Gasteiger partial charge in [0.05, 0.1) is 32.7 Å². The summed E-state index contributed by atoms with van der Waals surface area (Å²) in [5.41, 5.74) is 1.81. The van der Waals surface area contributed by atoms with Gasteiger partial charge in [-0.15, -0.1) is 0 Å². The van der Waals surface area contributed by atoms with E-state index in [0.717, 1.165) is 16.5 Å². The van der Waals surface area contributed by atoms with Gasteiger partial charge in [0.1, 0.15) is 5.58 Å². The monoisotopic (exact) mass is 473 g/mol. The first kappa shape index (κ1) is 24.7. The van der Waals surface area contributed by atoms with Gasteiger partial charge in [-0.3, -0.25) is 4.79 Å². The van der Waals surface area contributed by atoms with Crippen LogP contribution in [0.3, 0.4) is 0 Å². The maximum atomic E-state index is 12.9. The van der Waals surface area contributed by atoms with Gasteiger partial charge in [0.15, 0.2) is 5.76 Å². The third-order valence-electron chi connectivity index (χ3n) is 6.26. The van der Waals surface area contributed by atoms with Gasteiger partial charge in [-0.25, -0.2) is 0 Å². The average molecular weight is 474 g/mol. The number of nitrogens with one attached hydrogen (secondary N) is 1.